The summed E-state index contributed by atoms with van der Waals surface area (Å²) in [6.07, 6.45) is 2.25. The van der Waals surface area contributed by atoms with E-state index in [2.05, 4.69) is 10.1 Å². The molecule has 1 amide bonds. The molecule has 22 heavy (non-hydrogen) atoms. The summed E-state index contributed by atoms with van der Waals surface area (Å²) in [6, 6.07) is 1.64. The zero-order chi connectivity index (χ0) is 15.1. The van der Waals surface area contributed by atoms with Crippen LogP contribution in [0.5, 0.6) is 0 Å². The number of hydrogen-bond donors (Lipinski definition) is 0. The third-order valence-electron chi connectivity index (χ3n) is 4.09. The molecule has 0 aromatic carbocycles. The zero-order valence-electron chi connectivity index (χ0n) is 12.3. The van der Waals surface area contributed by atoms with Crippen molar-refractivity contribution < 1.29 is 14.1 Å². The number of carbonyl (C=O) groups is 1. The van der Waals surface area contributed by atoms with E-state index >= 15 is 0 Å². The Morgan fingerprint density at radius 3 is 3.05 bits per heavy atom. The van der Waals surface area contributed by atoms with Crippen LogP contribution in [0.3, 0.4) is 0 Å². The number of morpholine rings is 1. The molecule has 1 aliphatic carbocycles. The second-order valence-corrected chi connectivity index (χ2v) is 6.83. The smallest absolute Gasteiger partial charge is 0.276 e. The first-order valence-corrected chi connectivity index (χ1v) is 8.37. The minimum absolute atomic E-state index is 0.102. The van der Waals surface area contributed by atoms with Crippen LogP contribution in [0.4, 0.5) is 0 Å². The summed E-state index contributed by atoms with van der Waals surface area (Å²) in [6.45, 7) is 3.52. The molecule has 7 heteroatoms. The van der Waals surface area contributed by atoms with Crippen molar-refractivity contribution in [2.24, 2.45) is 0 Å². The summed E-state index contributed by atoms with van der Waals surface area (Å²) in [5.41, 5.74) is 1.28. The summed E-state index contributed by atoms with van der Waals surface area (Å²) in [4.78, 5) is 19.1. The first-order chi connectivity index (χ1) is 10.7. The number of aryl methyl sites for hydroxylation is 1. The van der Waals surface area contributed by atoms with Crippen LogP contribution in [0.25, 0.3) is 0 Å². The predicted octanol–water partition coefficient (Wildman–Crippen LogP) is 2.53. The molecule has 0 N–H and O–H groups in total. The van der Waals surface area contributed by atoms with Crippen LogP contribution in [0.2, 0.25) is 0 Å². The first kappa shape index (κ1) is 13.9. The van der Waals surface area contributed by atoms with Gasteiger partial charge >= 0.3 is 0 Å². The van der Waals surface area contributed by atoms with Crippen LogP contribution in [0.15, 0.2) is 16.0 Å². The molecule has 2 aromatic heterocycles. The molecule has 2 fully saturated rings. The molecule has 1 atom stereocenters. The molecule has 6 nitrogen and oxygen atoms in total. The van der Waals surface area contributed by atoms with E-state index in [4.69, 9.17) is 9.26 Å². The predicted molar refractivity (Wildman–Crippen MR) is 79.9 cm³/mol. The highest BCUT2D eigenvalue weighted by Crippen LogP contribution is 2.40. The van der Waals surface area contributed by atoms with Gasteiger partial charge in [0.15, 0.2) is 5.69 Å². The van der Waals surface area contributed by atoms with E-state index in [0.29, 0.717) is 31.4 Å². The van der Waals surface area contributed by atoms with E-state index in [-0.39, 0.29) is 11.9 Å². The van der Waals surface area contributed by atoms with Gasteiger partial charge in [-0.05, 0) is 19.8 Å². The zero-order valence-corrected chi connectivity index (χ0v) is 13.1. The van der Waals surface area contributed by atoms with Crippen molar-refractivity contribution in [1.82, 2.24) is 15.0 Å². The molecular weight excluding hydrogens is 302 g/mol. The lowest BCUT2D eigenvalue weighted by atomic mass is 10.1. The Kier molecular flexibility index (Phi) is 3.46. The van der Waals surface area contributed by atoms with Crippen molar-refractivity contribution in [2.45, 2.75) is 31.7 Å². The van der Waals surface area contributed by atoms with Crippen LogP contribution in [-0.4, -0.2) is 40.7 Å². The van der Waals surface area contributed by atoms with Crippen LogP contribution >= 0.6 is 11.3 Å². The number of aromatic nitrogens is 2. The summed E-state index contributed by atoms with van der Waals surface area (Å²) < 4.78 is 10.8. The maximum absolute atomic E-state index is 12.8. The van der Waals surface area contributed by atoms with Gasteiger partial charge in [-0.3, -0.25) is 4.79 Å². The summed E-state index contributed by atoms with van der Waals surface area (Å²) in [5.74, 6) is 1.18. The van der Waals surface area contributed by atoms with E-state index < -0.39 is 0 Å². The highest BCUT2D eigenvalue weighted by molar-refractivity contribution is 7.09. The van der Waals surface area contributed by atoms with Crippen molar-refractivity contribution in [2.75, 3.05) is 19.8 Å². The monoisotopic (exact) mass is 319 g/mol. The second kappa shape index (κ2) is 5.48. The van der Waals surface area contributed by atoms with Gasteiger partial charge in [-0.15, -0.1) is 11.3 Å². The molecule has 1 aliphatic heterocycles. The van der Waals surface area contributed by atoms with Gasteiger partial charge in [-0.1, -0.05) is 5.16 Å². The van der Waals surface area contributed by atoms with E-state index in [0.717, 1.165) is 29.3 Å². The Morgan fingerprint density at radius 1 is 1.45 bits per heavy atom. The summed E-state index contributed by atoms with van der Waals surface area (Å²) >= 11 is 1.59. The minimum Gasteiger partial charge on any atom is -0.377 e. The van der Waals surface area contributed by atoms with Crippen LogP contribution in [-0.2, 0) is 4.74 Å². The molecule has 1 saturated carbocycles. The van der Waals surface area contributed by atoms with Gasteiger partial charge in [0.05, 0.1) is 30.0 Å². The van der Waals surface area contributed by atoms with Crippen LogP contribution < -0.4 is 0 Å². The topological polar surface area (TPSA) is 68.5 Å². The Hall–Kier alpha value is -1.73. The second-order valence-electron chi connectivity index (χ2n) is 5.77. The molecule has 0 unspecified atom stereocenters. The fourth-order valence-electron chi connectivity index (χ4n) is 2.72. The molecule has 2 aromatic rings. The van der Waals surface area contributed by atoms with Crippen molar-refractivity contribution in [3.8, 4) is 0 Å². The number of carbonyl (C=O) groups excluding carboxylic acids is 1. The summed E-state index contributed by atoms with van der Waals surface area (Å²) in [5, 5.41) is 6.95. The Balaban J connectivity index is 1.58. The molecular formula is C15H17N3O3S. The van der Waals surface area contributed by atoms with Crippen LogP contribution in [0.1, 0.15) is 51.8 Å². The molecule has 116 valence electrons. The molecule has 4 rings (SSSR count). The number of thiazole rings is 1. The lowest BCUT2D eigenvalue weighted by Gasteiger charge is -2.34. The fourth-order valence-corrected chi connectivity index (χ4v) is 3.38. The molecule has 3 heterocycles. The lowest BCUT2D eigenvalue weighted by molar-refractivity contribution is -0.00426. The highest BCUT2D eigenvalue weighted by atomic mass is 32.1. The average Bonchev–Trinajstić information content (AvgIpc) is 3.11. The standard InChI is InChI=1S/C15H17N3O3S/c1-9-16-12(8-22-9)13-7-20-5-4-18(13)15(19)11-6-14(21-17-11)10-2-3-10/h6,8,10,13H,2-5,7H2,1H3/t13-/m0/s1. The lowest BCUT2D eigenvalue weighted by Crippen LogP contribution is -2.43. The third-order valence-corrected chi connectivity index (χ3v) is 4.89. The SMILES string of the molecule is Cc1nc([C@@H]2COCCN2C(=O)c2cc(C3CC3)on2)cs1. The highest BCUT2D eigenvalue weighted by Gasteiger charge is 2.34. The van der Waals surface area contributed by atoms with Gasteiger partial charge in [0.2, 0.25) is 0 Å². The van der Waals surface area contributed by atoms with E-state index in [1.807, 2.05) is 12.3 Å². The van der Waals surface area contributed by atoms with E-state index in [9.17, 15) is 4.79 Å². The number of ether oxygens (including phenoxy) is 1. The molecule has 2 aliphatic rings. The average molecular weight is 319 g/mol. The molecule has 0 radical (unpaired) electrons. The molecule has 0 spiro atoms. The van der Waals surface area contributed by atoms with Crippen molar-refractivity contribution in [3.05, 3.63) is 33.6 Å². The fraction of sp³-hybridized carbons (Fsp3) is 0.533. The third kappa shape index (κ3) is 2.55. The molecule has 1 saturated heterocycles. The number of rotatable bonds is 3. The Bertz CT molecular complexity index is 692. The van der Waals surface area contributed by atoms with Crippen molar-refractivity contribution in [3.63, 3.8) is 0 Å². The van der Waals surface area contributed by atoms with Gasteiger partial charge in [0.1, 0.15) is 5.76 Å². The van der Waals surface area contributed by atoms with Gasteiger partial charge in [0, 0.05) is 23.9 Å². The normalized spacial score (nSPS) is 22.0. The number of nitrogens with zero attached hydrogens (tertiary/aromatic N) is 3. The Labute approximate surface area is 132 Å². The van der Waals surface area contributed by atoms with Crippen LogP contribution in [0, 0.1) is 6.92 Å². The van der Waals surface area contributed by atoms with Gasteiger partial charge in [-0.25, -0.2) is 4.98 Å². The van der Waals surface area contributed by atoms with Gasteiger partial charge < -0.3 is 14.2 Å². The largest absolute Gasteiger partial charge is 0.377 e. The van der Waals surface area contributed by atoms with E-state index in [1.54, 1.807) is 22.3 Å². The number of amides is 1. The maximum atomic E-state index is 12.8. The maximum Gasteiger partial charge on any atom is 0.276 e. The van der Waals surface area contributed by atoms with Crippen molar-refractivity contribution in [1.29, 1.82) is 0 Å². The van der Waals surface area contributed by atoms with Crippen molar-refractivity contribution >= 4 is 17.2 Å². The van der Waals surface area contributed by atoms with Gasteiger partial charge in [-0.2, -0.15) is 0 Å². The first-order valence-electron chi connectivity index (χ1n) is 7.49. The quantitative estimate of drug-likeness (QED) is 0.869. The molecule has 0 bridgehead atoms. The van der Waals surface area contributed by atoms with E-state index in [1.165, 1.54) is 0 Å². The van der Waals surface area contributed by atoms with Gasteiger partial charge in [0.25, 0.3) is 5.91 Å². The number of hydrogen-bond acceptors (Lipinski definition) is 6. The Morgan fingerprint density at radius 2 is 2.32 bits per heavy atom. The summed E-state index contributed by atoms with van der Waals surface area (Å²) in [7, 11) is 0. The minimum atomic E-state index is -0.146.